The van der Waals surface area contributed by atoms with Crippen LogP contribution in [-0.4, -0.2) is 35.0 Å². The second-order valence-corrected chi connectivity index (χ2v) is 8.30. The van der Waals surface area contributed by atoms with Crippen LogP contribution in [0.25, 0.3) is 0 Å². The van der Waals surface area contributed by atoms with E-state index in [1.54, 1.807) is 16.2 Å². The molecule has 138 valence electrons. The van der Waals surface area contributed by atoms with Gasteiger partial charge in [-0.15, -0.1) is 11.3 Å². The number of hydrogen-bond donors (Lipinski definition) is 0. The van der Waals surface area contributed by atoms with E-state index >= 15 is 0 Å². The summed E-state index contributed by atoms with van der Waals surface area (Å²) in [5.41, 5.74) is 0.243. The van der Waals surface area contributed by atoms with Gasteiger partial charge in [-0.1, -0.05) is 48.6 Å². The van der Waals surface area contributed by atoms with Gasteiger partial charge < -0.3 is 14.4 Å². The fraction of sp³-hybridized carbons (Fsp3) is 0.333. The van der Waals surface area contributed by atoms with E-state index in [2.05, 4.69) is 0 Å². The van der Waals surface area contributed by atoms with Crippen LogP contribution in [0, 0.1) is 11.8 Å². The number of rotatable bonds is 5. The molecule has 4 unspecified atom stereocenters. The first kappa shape index (κ1) is 16.7. The summed E-state index contributed by atoms with van der Waals surface area (Å²) in [6.07, 6.45) is 3.51. The lowest BCUT2D eigenvalue weighted by Gasteiger charge is -2.22. The van der Waals surface area contributed by atoms with Crippen molar-refractivity contribution in [1.82, 2.24) is 4.90 Å². The maximum Gasteiger partial charge on any atom is 0.313 e. The molecule has 5 rings (SSSR count). The number of likely N-dealkylation sites (tertiary alicyclic amines) is 1. The predicted octanol–water partition coefficient (Wildman–Crippen LogP) is 2.77. The van der Waals surface area contributed by atoms with Gasteiger partial charge >= 0.3 is 5.97 Å². The van der Waals surface area contributed by atoms with Crippen LogP contribution in [0.3, 0.4) is 0 Å². The van der Waals surface area contributed by atoms with Crippen LogP contribution < -0.4 is 0 Å². The maximum atomic E-state index is 13.1. The highest BCUT2D eigenvalue weighted by Crippen LogP contribution is 2.52. The van der Waals surface area contributed by atoms with E-state index in [4.69, 9.17) is 9.47 Å². The van der Waals surface area contributed by atoms with E-state index in [1.807, 2.05) is 60.0 Å². The molecule has 1 spiro atoms. The zero-order chi connectivity index (χ0) is 18.4. The molecule has 4 atom stereocenters. The van der Waals surface area contributed by atoms with Crippen LogP contribution in [0.1, 0.15) is 10.4 Å². The number of ether oxygens (including phenoxy) is 2. The van der Waals surface area contributed by atoms with Gasteiger partial charge in [-0.05, 0) is 17.0 Å². The molecule has 5 nitrogen and oxygen atoms in total. The van der Waals surface area contributed by atoms with Gasteiger partial charge in [-0.25, -0.2) is 0 Å². The third-order valence-electron chi connectivity index (χ3n) is 5.60. The molecule has 2 bridgehead atoms. The zero-order valence-corrected chi connectivity index (χ0v) is 15.4. The van der Waals surface area contributed by atoms with Gasteiger partial charge in [-0.2, -0.15) is 0 Å². The predicted molar refractivity (Wildman–Crippen MR) is 99.7 cm³/mol. The Labute approximate surface area is 161 Å². The number of carbonyl (C=O) groups excluding carboxylic acids is 2. The second kappa shape index (κ2) is 6.32. The average molecular weight is 381 g/mol. The highest BCUT2D eigenvalue weighted by Gasteiger charge is 2.67. The zero-order valence-electron chi connectivity index (χ0n) is 14.6. The Morgan fingerprint density at radius 2 is 2.11 bits per heavy atom. The van der Waals surface area contributed by atoms with Crippen LogP contribution in [0.4, 0.5) is 0 Å². The lowest BCUT2D eigenvalue weighted by atomic mass is 9.77. The summed E-state index contributed by atoms with van der Waals surface area (Å²) in [4.78, 5) is 28.8. The number of esters is 1. The van der Waals surface area contributed by atoms with Crippen molar-refractivity contribution in [2.45, 2.75) is 24.9 Å². The van der Waals surface area contributed by atoms with E-state index in [-0.39, 0.29) is 24.6 Å². The molecule has 2 aromatic rings. The Balaban J connectivity index is 1.33. The molecule has 1 amide bonds. The maximum absolute atomic E-state index is 13.1. The van der Waals surface area contributed by atoms with Crippen LogP contribution >= 0.6 is 11.3 Å². The molecule has 3 aliphatic heterocycles. The summed E-state index contributed by atoms with van der Waals surface area (Å²) in [5.74, 6) is -1.43. The molecular weight excluding hydrogens is 362 g/mol. The van der Waals surface area contributed by atoms with Crippen LogP contribution in [-0.2, 0) is 32.2 Å². The van der Waals surface area contributed by atoms with Gasteiger partial charge in [0.1, 0.15) is 18.1 Å². The normalized spacial score (nSPS) is 30.7. The van der Waals surface area contributed by atoms with Gasteiger partial charge in [0.05, 0.1) is 25.1 Å². The van der Waals surface area contributed by atoms with Gasteiger partial charge in [0.2, 0.25) is 5.91 Å². The molecule has 1 aromatic carbocycles. The number of benzene rings is 1. The minimum absolute atomic E-state index is 0.0167. The average Bonchev–Trinajstić information content (AvgIpc) is 3.44. The van der Waals surface area contributed by atoms with Crippen molar-refractivity contribution in [2.75, 3.05) is 6.54 Å². The Morgan fingerprint density at radius 1 is 1.26 bits per heavy atom. The second-order valence-electron chi connectivity index (χ2n) is 7.27. The number of thiophene rings is 1. The lowest BCUT2D eigenvalue weighted by molar-refractivity contribution is -0.155. The minimum Gasteiger partial charge on any atom is -0.460 e. The molecule has 0 aliphatic carbocycles. The van der Waals surface area contributed by atoms with Gasteiger partial charge in [0, 0.05) is 4.88 Å². The van der Waals surface area contributed by atoms with E-state index in [0.717, 1.165) is 10.4 Å². The quantitative estimate of drug-likeness (QED) is 0.590. The SMILES string of the molecule is O=C(OCc1ccccc1)C1C2C=CC3(CN(Cc4cccs4)C(=O)C13)O2. The monoisotopic (exact) mass is 381 g/mol. The first-order chi connectivity index (χ1) is 13.2. The lowest BCUT2D eigenvalue weighted by Crippen LogP contribution is -2.39. The molecule has 0 radical (unpaired) electrons. The van der Waals surface area contributed by atoms with Crippen molar-refractivity contribution in [1.29, 1.82) is 0 Å². The molecule has 2 fully saturated rings. The summed E-state index contributed by atoms with van der Waals surface area (Å²) in [7, 11) is 0. The van der Waals surface area contributed by atoms with Crippen molar-refractivity contribution in [3.05, 3.63) is 70.4 Å². The summed E-state index contributed by atoms with van der Waals surface area (Å²) in [6.45, 7) is 1.26. The van der Waals surface area contributed by atoms with E-state index < -0.39 is 17.4 Å². The Bertz CT molecular complexity index is 894. The molecule has 3 aliphatic rings. The number of nitrogens with zero attached hydrogens (tertiary/aromatic N) is 1. The molecule has 6 heteroatoms. The highest BCUT2D eigenvalue weighted by molar-refractivity contribution is 7.09. The number of amides is 1. The molecule has 4 heterocycles. The number of hydrogen-bond acceptors (Lipinski definition) is 5. The number of carbonyl (C=O) groups is 2. The smallest absolute Gasteiger partial charge is 0.313 e. The minimum atomic E-state index is -0.685. The summed E-state index contributed by atoms with van der Waals surface area (Å²) in [5, 5.41) is 2.00. The first-order valence-corrected chi connectivity index (χ1v) is 9.93. The topological polar surface area (TPSA) is 55.8 Å². The van der Waals surface area contributed by atoms with Crippen molar-refractivity contribution in [3.8, 4) is 0 Å². The van der Waals surface area contributed by atoms with Crippen molar-refractivity contribution in [3.63, 3.8) is 0 Å². The van der Waals surface area contributed by atoms with E-state index in [0.29, 0.717) is 13.1 Å². The van der Waals surface area contributed by atoms with Gasteiger partial charge in [0.15, 0.2) is 0 Å². The van der Waals surface area contributed by atoms with Gasteiger partial charge in [-0.3, -0.25) is 9.59 Å². The van der Waals surface area contributed by atoms with Crippen LogP contribution in [0.2, 0.25) is 0 Å². The molecule has 2 saturated heterocycles. The van der Waals surface area contributed by atoms with Crippen molar-refractivity contribution in [2.24, 2.45) is 11.8 Å². The molecule has 27 heavy (non-hydrogen) atoms. The summed E-state index contributed by atoms with van der Waals surface area (Å²) >= 11 is 1.63. The Morgan fingerprint density at radius 3 is 2.89 bits per heavy atom. The van der Waals surface area contributed by atoms with Gasteiger partial charge in [0.25, 0.3) is 0 Å². The van der Waals surface area contributed by atoms with Crippen molar-refractivity contribution >= 4 is 23.2 Å². The summed E-state index contributed by atoms with van der Waals surface area (Å²) in [6, 6.07) is 13.6. The summed E-state index contributed by atoms with van der Waals surface area (Å²) < 4.78 is 11.7. The Kier molecular flexibility index (Phi) is 3.91. The van der Waals surface area contributed by atoms with E-state index in [1.165, 1.54) is 0 Å². The molecule has 1 aromatic heterocycles. The standard InChI is InChI=1S/C21H19NO4S/c23-19-18-17(20(24)25-12-14-5-2-1-3-6-14)16-8-9-21(18,26-16)13-22(19)11-15-7-4-10-27-15/h1-10,16-18H,11-13H2. The Hall–Kier alpha value is -2.44. The molecule has 0 saturated carbocycles. The highest BCUT2D eigenvalue weighted by atomic mass is 32.1. The first-order valence-electron chi connectivity index (χ1n) is 9.05. The molecular formula is C21H19NO4S. The third kappa shape index (κ3) is 2.71. The molecule has 0 N–H and O–H groups in total. The van der Waals surface area contributed by atoms with Crippen molar-refractivity contribution < 1.29 is 19.1 Å². The van der Waals surface area contributed by atoms with Crippen LogP contribution in [0.5, 0.6) is 0 Å². The fourth-order valence-corrected chi connectivity index (χ4v) is 5.12. The van der Waals surface area contributed by atoms with Crippen LogP contribution in [0.15, 0.2) is 60.0 Å². The number of fused-ring (bicyclic) bond motifs is 1. The van der Waals surface area contributed by atoms with E-state index in [9.17, 15) is 9.59 Å². The third-order valence-corrected chi connectivity index (χ3v) is 6.46. The fourth-order valence-electron chi connectivity index (χ4n) is 4.40. The largest absolute Gasteiger partial charge is 0.460 e.